The SMILES string of the molecule is CC(C)C1CCCCC1n1cnnc1SCC(=O)O. The van der Waals surface area contributed by atoms with Gasteiger partial charge in [0, 0.05) is 6.04 Å². The Kier molecular flexibility index (Phi) is 4.85. The van der Waals surface area contributed by atoms with Crippen LogP contribution < -0.4 is 0 Å². The monoisotopic (exact) mass is 283 g/mol. The summed E-state index contributed by atoms with van der Waals surface area (Å²) in [5.74, 6) is 0.486. The van der Waals surface area contributed by atoms with Gasteiger partial charge in [-0.3, -0.25) is 4.79 Å². The molecule has 1 heterocycles. The van der Waals surface area contributed by atoms with Crippen LogP contribution in [0.1, 0.15) is 45.6 Å². The van der Waals surface area contributed by atoms with E-state index in [2.05, 4.69) is 28.6 Å². The van der Waals surface area contributed by atoms with E-state index in [1.165, 1.54) is 31.0 Å². The zero-order chi connectivity index (χ0) is 13.8. The van der Waals surface area contributed by atoms with Crippen LogP contribution in [0, 0.1) is 11.8 Å². The molecule has 5 nitrogen and oxygen atoms in total. The summed E-state index contributed by atoms with van der Waals surface area (Å²) in [6.07, 6.45) is 6.66. The first-order valence-electron chi connectivity index (χ1n) is 6.83. The van der Waals surface area contributed by atoms with Crippen LogP contribution in [0.4, 0.5) is 0 Å². The third kappa shape index (κ3) is 3.49. The van der Waals surface area contributed by atoms with Gasteiger partial charge in [-0.15, -0.1) is 10.2 Å². The molecule has 19 heavy (non-hydrogen) atoms. The number of thioether (sulfide) groups is 1. The van der Waals surface area contributed by atoms with E-state index in [4.69, 9.17) is 5.11 Å². The second-order valence-corrected chi connectivity index (χ2v) is 6.41. The Balaban J connectivity index is 2.15. The molecule has 0 radical (unpaired) electrons. The molecule has 1 aliphatic rings. The number of carboxylic acids is 1. The zero-order valence-electron chi connectivity index (χ0n) is 11.5. The van der Waals surface area contributed by atoms with Crippen molar-refractivity contribution in [3.05, 3.63) is 6.33 Å². The molecule has 1 saturated carbocycles. The summed E-state index contributed by atoms with van der Waals surface area (Å²) in [5.41, 5.74) is 0. The summed E-state index contributed by atoms with van der Waals surface area (Å²) in [6, 6.07) is 0.417. The van der Waals surface area contributed by atoms with Crippen LogP contribution in [0.5, 0.6) is 0 Å². The minimum absolute atomic E-state index is 0.0394. The third-order valence-corrected chi connectivity index (χ3v) is 4.80. The highest BCUT2D eigenvalue weighted by Gasteiger charge is 2.30. The molecule has 1 aromatic heterocycles. The van der Waals surface area contributed by atoms with Gasteiger partial charge in [-0.05, 0) is 24.7 Å². The van der Waals surface area contributed by atoms with Gasteiger partial charge in [0.1, 0.15) is 6.33 Å². The van der Waals surface area contributed by atoms with Crippen LogP contribution in [0.3, 0.4) is 0 Å². The molecular weight excluding hydrogens is 262 g/mol. The Morgan fingerprint density at radius 2 is 2.26 bits per heavy atom. The van der Waals surface area contributed by atoms with Crippen molar-refractivity contribution in [2.45, 2.75) is 50.7 Å². The van der Waals surface area contributed by atoms with Crippen molar-refractivity contribution in [2.75, 3.05) is 5.75 Å². The number of carbonyl (C=O) groups is 1. The van der Waals surface area contributed by atoms with Gasteiger partial charge in [0.05, 0.1) is 5.75 Å². The molecule has 0 bridgehead atoms. The third-order valence-electron chi connectivity index (χ3n) is 3.86. The molecule has 1 aliphatic carbocycles. The fourth-order valence-corrected chi connectivity index (χ4v) is 3.64. The van der Waals surface area contributed by atoms with Gasteiger partial charge in [0.2, 0.25) is 0 Å². The molecule has 0 saturated heterocycles. The molecule has 1 fully saturated rings. The molecule has 6 heteroatoms. The van der Waals surface area contributed by atoms with Crippen molar-refractivity contribution < 1.29 is 9.90 Å². The van der Waals surface area contributed by atoms with E-state index in [0.29, 0.717) is 17.9 Å². The second kappa shape index (κ2) is 6.41. The molecular formula is C13H21N3O2S. The molecule has 106 valence electrons. The number of hydrogen-bond acceptors (Lipinski definition) is 4. The lowest BCUT2D eigenvalue weighted by Crippen LogP contribution is -2.27. The summed E-state index contributed by atoms with van der Waals surface area (Å²) in [7, 11) is 0. The quantitative estimate of drug-likeness (QED) is 0.842. The van der Waals surface area contributed by atoms with Crippen LogP contribution in [0.15, 0.2) is 11.5 Å². The standard InChI is InChI=1S/C13H21N3O2S/c1-9(2)10-5-3-4-6-11(10)16-8-14-15-13(16)19-7-12(17)18/h8-11H,3-7H2,1-2H3,(H,17,18). The highest BCUT2D eigenvalue weighted by atomic mass is 32.2. The smallest absolute Gasteiger partial charge is 0.313 e. The van der Waals surface area contributed by atoms with E-state index in [0.717, 1.165) is 11.6 Å². The summed E-state index contributed by atoms with van der Waals surface area (Å²) >= 11 is 1.26. The molecule has 2 unspecified atom stereocenters. The Morgan fingerprint density at radius 3 is 2.95 bits per heavy atom. The highest BCUT2D eigenvalue weighted by Crippen LogP contribution is 2.39. The number of rotatable bonds is 5. The van der Waals surface area contributed by atoms with E-state index >= 15 is 0 Å². The minimum Gasteiger partial charge on any atom is -0.481 e. The van der Waals surface area contributed by atoms with Crippen LogP contribution in [0.2, 0.25) is 0 Å². The first-order valence-corrected chi connectivity index (χ1v) is 7.82. The van der Waals surface area contributed by atoms with E-state index in [1.54, 1.807) is 6.33 Å². The van der Waals surface area contributed by atoms with Gasteiger partial charge in [0.15, 0.2) is 5.16 Å². The number of nitrogens with zero attached hydrogens (tertiary/aromatic N) is 3. The molecule has 2 rings (SSSR count). The van der Waals surface area contributed by atoms with Crippen LogP contribution in [0.25, 0.3) is 0 Å². The van der Waals surface area contributed by atoms with Crippen molar-refractivity contribution >= 4 is 17.7 Å². The van der Waals surface area contributed by atoms with E-state index < -0.39 is 5.97 Å². The van der Waals surface area contributed by atoms with Crippen LogP contribution >= 0.6 is 11.8 Å². The van der Waals surface area contributed by atoms with Crippen molar-refractivity contribution in [3.63, 3.8) is 0 Å². The summed E-state index contributed by atoms with van der Waals surface area (Å²) < 4.78 is 2.09. The maximum absolute atomic E-state index is 10.7. The predicted molar refractivity (Wildman–Crippen MR) is 74.2 cm³/mol. The molecule has 1 N–H and O–H groups in total. The van der Waals surface area contributed by atoms with Gasteiger partial charge in [-0.25, -0.2) is 0 Å². The molecule has 0 amide bonds. The average molecular weight is 283 g/mol. The first-order chi connectivity index (χ1) is 9.09. The zero-order valence-corrected chi connectivity index (χ0v) is 12.3. The van der Waals surface area contributed by atoms with Gasteiger partial charge in [-0.1, -0.05) is 38.5 Å². The largest absolute Gasteiger partial charge is 0.481 e. The Morgan fingerprint density at radius 1 is 1.53 bits per heavy atom. The molecule has 2 atom stereocenters. The average Bonchev–Trinajstić information content (AvgIpc) is 2.84. The maximum Gasteiger partial charge on any atom is 0.313 e. The fraction of sp³-hybridized carbons (Fsp3) is 0.769. The van der Waals surface area contributed by atoms with Crippen molar-refractivity contribution in [1.29, 1.82) is 0 Å². The van der Waals surface area contributed by atoms with E-state index in [1.807, 2.05) is 0 Å². The Bertz CT molecular complexity index is 433. The number of aromatic nitrogens is 3. The van der Waals surface area contributed by atoms with Gasteiger partial charge in [-0.2, -0.15) is 0 Å². The van der Waals surface area contributed by atoms with E-state index in [9.17, 15) is 4.79 Å². The fourth-order valence-electron chi connectivity index (χ4n) is 2.95. The molecule has 0 aliphatic heterocycles. The molecule has 0 spiro atoms. The molecule has 1 aromatic rings. The Labute approximate surface area is 117 Å². The maximum atomic E-state index is 10.7. The Hall–Kier alpha value is -1.04. The summed E-state index contributed by atoms with van der Waals surface area (Å²) in [4.78, 5) is 10.7. The van der Waals surface area contributed by atoms with Crippen molar-refractivity contribution in [1.82, 2.24) is 14.8 Å². The van der Waals surface area contributed by atoms with Crippen LogP contribution in [-0.4, -0.2) is 31.6 Å². The summed E-state index contributed by atoms with van der Waals surface area (Å²) in [5, 5.41) is 17.5. The predicted octanol–water partition coefficient (Wildman–Crippen LogP) is 2.84. The van der Waals surface area contributed by atoms with Gasteiger partial charge in [0.25, 0.3) is 0 Å². The van der Waals surface area contributed by atoms with Gasteiger partial charge >= 0.3 is 5.97 Å². The van der Waals surface area contributed by atoms with Crippen LogP contribution in [-0.2, 0) is 4.79 Å². The normalized spacial score (nSPS) is 23.7. The molecule has 0 aromatic carbocycles. The number of aliphatic carboxylic acids is 1. The lowest BCUT2D eigenvalue weighted by Gasteiger charge is -2.35. The van der Waals surface area contributed by atoms with Gasteiger partial charge < -0.3 is 9.67 Å². The summed E-state index contributed by atoms with van der Waals surface area (Å²) in [6.45, 7) is 4.52. The number of carboxylic acid groups (broad SMARTS) is 1. The minimum atomic E-state index is -0.816. The lowest BCUT2D eigenvalue weighted by molar-refractivity contribution is -0.133. The van der Waals surface area contributed by atoms with Crippen molar-refractivity contribution in [3.8, 4) is 0 Å². The first kappa shape index (κ1) is 14.4. The second-order valence-electron chi connectivity index (χ2n) is 5.46. The topological polar surface area (TPSA) is 68.0 Å². The number of hydrogen-bond donors (Lipinski definition) is 1. The van der Waals surface area contributed by atoms with Crippen molar-refractivity contribution in [2.24, 2.45) is 11.8 Å². The highest BCUT2D eigenvalue weighted by molar-refractivity contribution is 7.99. The van der Waals surface area contributed by atoms with E-state index in [-0.39, 0.29) is 5.75 Å². The lowest BCUT2D eigenvalue weighted by atomic mass is 9.78.